The van der Waals surface area contributed by atoms with Crippen LogP contribution in [0.1, 0.15) is 86.2 Å². The minimum atomic E-state index is -0.635. The minimum Gasteiger partial charge on any atom is -0.468 e. The van der Waals surface area contributed by atoms with Crippen LogP contribution < -0.4 is 24.6 Å². The Morgan fingerprint density at radius 1 is 0.865 bits per heavy atom. The number of halogens is 2. The van der Waals surface area contributed by atoms with Crippen molar-refractivity contribution in [1.82, 2.24) is 35.0 Å². The summed E-state index contributed by atoms with van der Waals surface area (Å²) < 4.78 is 56.7. The molecular formula is C56H65F2N9O7. The van der Waals surface area contributed by atoms with Crippen LogP contribution in [0.5, 0.6) is 11.8 Å². The van der Waals surface area contributed by atoms with Crippen molar-refractivity contribution in [2.75, 3.05) is 102 Å². The standard InChI is InChI=1S/C56H65F2N9O7/c1-3-40-44(57)8-5-36-26-39(73-34-71-2)27-42(47(36)40)49-48(58)50-43(28-59-49)51(66-17-4-13-56(32-66)16-24-74-56)62-54(61-50)72-33-55(14-15-55)31-64-18-11-35(12-19-64)29-63-20-22-65(23-21-63)38-6-7-41-37(25-38)30-67(53(41)70)45-9-10-46(68)60-52(45)69/h5-8,25-28,35,45H,3-4,9-24,29-34H2,1-2H3,(H,60,68,69)/t45-,56+/m0/s1. The molecule has 2 aromatic heterocycles. The maximum Gasteiger partial charge on any atom is 0.319 e. The smallest absolute Gasteiger partial charge is 0.319 e. The Kier molecular flexibility index (Phi) is 13.1. The van der Waals surface area contributed by atoms with E-state index in [1.165, 1.54) is 13.2 Å². The van der Waals surface area contributed by atoms with Gasteiger partial charge in [0.05, 0.1) is 24.2 Å². The van der Waals surface area contributed by atoms with E-state index >= 15 is 8.78 Å². The number of nitrogens with one attached hydrogen (secondary N) is 1. The van der Waals surface area contributed by atoms with Crippen LogP contribution in [0.4, 0.5) is 20.3 Å². The number of anilines is 2. The highest BCUT2D eigenvalue weighted by Crippen LogP contribution is 2.48. The number of carbonyl (C=O) groups is 3. The third-order valence-electron chi connectivity index (χ3n) is 17.0. The van der Waals surface area contributed by atoms with Crippen LogP contribution in [0, 0.1) is 23.0 Å². The number of fused-ring (bicyclic) bond motifs is 3. The zero-order chi connectivity index (χ0) is 50.7. The zero-order valence-corrected chi connectivity index (χ0v) is 42.4. The van der Waals surface area contributed by atoms with Gasteiger partial charge < -0.3 is 38.5 Å². The average molecular weight is 1010 g/mol. The number of carbonyl (C=O) groups excluding carboxylic acids is 3. The first kappa shape index (κ1) is 48.8. The average Bonchev–Trinajstić information content (AvgIpc) is 4.10. The molecule has 0 radical (unpaired) electrons. The fourth-order valence-corrected chi connectivity index (χ4v) is 12.6. The molecule has 16 nitrogen and oxygen atoms in total. The van der Waals surface area contributed by atoms with E-state index in [1.54, 1.807) is 23.2 Å². The molecule has 12 rings (SSSR count). The van der Waals surface area contributed by atoms with Gasteiger partial charge in [-0.3, -0.25) is 29.6 Å². The van der Waals surface area contributed by atoms with Crippen molar-refractivity contribution >= 4 is 50.9 Å². The Labute approximate surface area is 429 Å². The predicted molar refractivity (Wildman–Crippen MR) is 274 cm³/mol. The summed E-state index contributed by atoms with van der Waals surface area (Å²) in [6.07, 6.45) is 9.83. The fraction of sp³-hybridized carbons (Fsp3) is 0.536. The summed E-state index contributed by atoms with van der Waals surface area (Å²) >= 11 is 0. The van der Waals surface area contributed by atoms with Crippen molar-refractivity contribution in [3.8, 4) is 23.0 Å². The van der Waals surface area contributed by atoms with Crippen molar-refractivity contribution in [3.05, 3.63) is 77.0 Å². The number of benzene rings is 3. The number of aryl methyl sites for hydroxylation is 1. The summed E-state index contributed by atoms with van der Waals surface area (Å²) in [5.74, 6) is -0.175. The zero-order valence-electron chi connectivity index (χ0n) is 42.4. The van der Waals surface area contributed by atoms with Crippen molar-refractivity contribution in [1.29, 1.82) is 0 Å². The van der Waals surface area contributed by atoms with Gasteiger partial charge in [-0.15, -0.1) is 0 Å². The number of hydrogen-bond donors (Lipinski definition) is 1. The molecule has 18 heteroatoms. The fourth-order valence-electron chi connectivity index (χ4n) is 12.6. The van der Waals surface area contributed by atoms with Crippen LogP contribution in [-0.4, -0.2) is 152 Å². The minimum absolute atomic E-state index is 0.0123. The number of nitrogens with zero attached hydrogens (tertiary/aromatic N) is 8. The van der Waals surface area contributed by atoms with Gasteiger partial charge in [0.1, 0.15) is 34.6 Å². The second kappa shape index (κ2) is 19.9. The Balaban J connectivity index is 0.698. The van der Waals surface area contributed by atoms with Crippen LogP contribution in [-0.2, 0) is 32.0 Å². The highest BCUT2D eigenvalue weighted by atomic mass is 19.1. The van der Waals surface area contributed by atoms with Gasteiger partial charge in [-0.25, -0.2) is 8.78 Å². The number of likely N-dealkylation sites (tertiary alicyclic amines) is 1. The van der Waals surface area contributed by atoms with E-state index in [4.69, 9.17) is 33.9 Å². The maximum atomic E-state index is 17.5. The normalized spacial score (nSPS) is 23.4. The highest BCUT2D eigenvalue weighted by molar-refractivity contribution is 6.06. The number of piperazine rings is 1. The van der Waals surface area contributed by atoms with Crippen molar-refractivity contribution in [3.63, 3.8) is 0 Å². The largest absolute Gasteiger partial charge is 0.468 e. The quantitative estimate of drug-likeness (QED) is 0.0856. The molecule has 1 spiro atoms. The van der Waals surface area contributed by atoms with Crippen LogP contribution >= 0.6 is 0 Å². The molecule has 6 fully saturated rings. The lowest BCUT2D eigenvalue weighted by Gasteiger charge is -2.48. The van der Waals surface area contributed by atoms with Gasteiger partial charge in [-0.05, 0) is 129 Å². The highest BCUT2D eigenvalue weighted by Gasteiger charge is 2.47. The molecule has 390 valence electrons. The number of rotatable bonds is 15. The first-order valence-corrected chi connectivity index (χ1v) is 26.7. The number of hydrogen-bond acceptors (Lipinski definition) is 14. The number of aromatic nitrogens is 3. The van der Waals surface area contributed by atoms with Gasteiger partial charge in [0, 0.05) is 107 Å². The lowest BCUT2D eigenvalue weighted by Crippen LogP contribution is -2.56. The molecule has 2 atom stereocenters. The van der Waals surface area contributed by atoms with Crippen LogP contribution in [0.15, 0.2) is 48.7 Å². The van der Waals surface area contributed by atoms with E-state index in [2.05, 4.69) is 31.0 Å². The SMILES string of the molecule is CCc1c(F)ccc2cc(OCOC)cc(-c3ncc4c(N5CCC[C@@]6(CCO6)C5)nc(OCC5(CN6CCC(CN7CCN(c8ccc9c(c8)CN([C@H]8CCC(=O)NC8=O)C9=O)CC7)CC6)CC5)nc4c3F)c12. The molecule has 7 aliphatic rings. The van der Waals surface area contributed by atoms with E-state index in [0.29, 0.717) is 82.9 Å². The van der Waals surface area contributed by atoms with Gasteiger partial charge >= 0.3 is 6.01 Å². The molecule has 5 saturated heterocycles. The number of pyridine rings is 1. The summed E-state index contributed by atoms with van der Waals surface area (Å²) in [6.45, 7) is 12.6. The molecule has 1 N–H and O–H groups in total. The summed E-state index contributed by atoms with van der Waals surface area (Å²) in [7, 11) is 1.53. The number of amides is 3. The third-order valence-corrected chi connectivity index (χ3v) is 17.0. The lowest BCUT2D eigenvalue weighted by molar-refractivity contribution is -0.151. The van der Waals surface area contributed by atoms with Crippen LogP contribution in [0.25, 0.3) is 32.9 Å². The maximum absolute atomic E-state index is 17.5. The molecule has 74 heavy (non-hydrogen) atoms. The topological polar surface area (TPSA) is 155 Å². The molecule has 1 aliphatic carbocycles. The van der Waals surface area contributed by atoms with Crippen LogP contribution in [0.3, 0.4) is 0 Å². The summed E-state index contributed by atoms with van der Waals surface area (Å²) in [5.41, 5.74) is 3.41. The van der Waals surface area contributed by atoms with Gasteiger partial charge in [0.2, 0.25) is 11.8 Å². The molecule has 0 unspecified atom stereocenters. The Bertz CT molecular complexity index is 3010. The lowest BCUT2D eigenvalue weighted by atomic mass is 9.86. The molecule has 1 saturated carbocycles. The molecule has 3 aromatic carbocycles. The predicted octanol–water partition coefficient (Wildman–Crippen LogP) is 6.88. The van der Waals surface area contributed by atoms with Gasteiger partial charge in [-0.2, -0.15) is 9.97 Å². The first-order valence-electron chi connectivity index (χ1n) is 26.7. The van der Waals surface area contributed by atoms with Crippen molar-refractivity contribution < 1.29 is 42.1 Å². The Morgan fingerprint density at radius 2 is 1.69 bits per heavy atom. The second-order valence-electron chi connectivity index (χ2n) is 21.9. The van der Waals surface area contributed by atoms with E-state index in [0.717, 1.165) is 122 Å². The molecule has 5 aromatic rings. The molecular weight excluding hydrogens is 949 g/mol. The first-order chi connectivity index (χ1) is 36.0. The summed E-state index contributed by atoms with van der Waals surface area (Å²) in [5, 5.41) is 4.14. The van der Waals surface area contributed by atoms with E-state index in [9.17, 15) is 14.4 Å². The van der Waals surface area contributed by atoms with Crippen molar-refractivity contribution in [2.45, 2.75) is 89.3 Å². The van der Waals surface area contributed by atoms with Crippen molar-refractivity contribution in [2.24, 2.45) is 11.3 Å². The number of piperidine rings is 3. The Morgan fingerprint density at radius 3 is 2.43 bits per heavy atom. The monoisotopic (exact) mass is 1010 g/mol. The number of ether oxygens (including phenoxy) is 4. The van der Waals surface area contributed by atoms with E-state index in [1.807, 2.05) is 25.1 Å². The molecule has 0 bridgehead atoms. The number of methoxy groups -OCH3 is 1. The summed E-state index contributed by atoms with van der Waals surface area (Å²) in [6, 6.07) is 12.2. The second-order valence-corrected chi connectivity index (χ2v) is 21.9. The van der Waals surface area contributed by atoms with Gasteiger partial charge in [-0.1, -0.05) is 13.0 Å². The molecule has 8 heterocycles. The molecule has 6 aliphatic heterocycles. The van der Waals surface area contributed by atoms with Gasteiger partial charge in [0.15, 0.2) is 12.6 Å². The van der Waals surface area contributed by atoms with E-state index < -0.39 is 17.8 Å². The number of imide groups is 1. The third kappa shape index (κ3) is 9.40. The van der Waals surface area contributed by atoms with Gasteiger partial charge in [0.25, 0.3) is 5.91 Å². The van der Waals surface area contributed by atoms with Crippen LogP contribution in [0.2, 0.25) is 0 Å². The van der Waals surface area contributed by atoms with E-state index in [-0.39, 0.29) is 59.1 Å². The Hall–Kier alpha value is -6.08. The summed E-state index contributed by atoms with van der Waals surface area (Å²) in [4.78, 5) is 63.5. The molecule has 3 amide bonds.